The molecule has 0 aliphatic rings. The Kier molecular flexibility index (Phi) is 4.70. The van der Waals surface area contributed by atoms with E-state index in [1.54, 1.807) is 23.6 Å². The van der Waals surface area contributed by atoms with Gasteiger partial charge in [-0.2, -0.15) is 0 Å². The molecule has 0 radical (unpaired) electrons. The van der Waals surface area contributed by atoms with Crippen LogP contribution in [0.25, 0.3) is 6.08 Å². The molecule has 0 bridgehead atoms. The Morgan fingerprint density at radius 1 is 1.55 bits per heavy atom. The summed E-state index contributed by atoms with van der Waals surface area (Å²) in [5.41, 5.74) is 0.929. The molecular formula is C14H17N3O2S. The molecule has 0 aliphatic heterocycles. The fourth-order valence-electron chi connectivity index (χ4n) is 1.85. The molecule has 0 aliphatic carbocycles. The lowest BCUT2D eigenvalue weighted by atomic mass is 10.3. The number of aromatic nitrogens is 2. The summed E-state index contributed by atoms with van der Waals surface area (Å²) in [5.74, 6) is 0.0969. The second kappa shape index (κ2) is 6.49. The van der Waals surface area contributed by atoms with Crippen molar-refractivity contribution in [2.45, 2.75) is 13.1 Å². The molecule has 5 nitrogen and oxygen atoms in total. The van der Waals surface area contributed by atoms with Crippen LogP contribution in [0.4, 0.5) is 0 Å². The first-order valence-corrected chi connectivity index (χ1v) is 7.05. The number of imidazole rings is 1. The number of carboxylic acid groups (broad SMARTS) is 1. The lowest BCUT2D eigenvalue weighted by Crippen LogP contribution is -2.18. The largest absolute Gasteiger partial charge is 0.478 e. The average molecular weight is 291 g/mol. The van der Waals surface area contributed by atoms with E-state index >= 15 is 0 Å². The van der Waals surface area contributed by atoms with Crippen LogP contribution in [0.3, 0.4) is 0 Å². The van der Waals surface area contributed by atoms with Crippen molar-refractivity contribution in [3.05, 3.63) is 46.2 Å². The number of hydrogen-bond acceptors (Lipinski definition) is 4. The van der Waals surface area contributed by atoms with Gasteiger partial charge in [-0.05, 0) is 30.1 Å². The Hall–Kier alpha value is -1.92. The molecule has 0 amide bonds. The molecule has 0 unspecified atom stereocenters. The Bertz CT molecular complexity index is 615. The maximum Gasteiger partial charge on any atom is 0.328 e. The summed E-state index contributed by atoms with van der Waals surface area (Å²) in [6.45, 7) is 1.60. The molecule has 1 N–H and O–H groups in total. The summed E-state index contributed by atoms with van der Waals surface area (Å²) in [5, 5.41) is 10.6. The molecule has 0 saturated carbocycles. The highest BCUT2D eigenvalue weighted by Crippen LogP contribution is 2.18. The molecular weight excluding hydrogens is 274 g/mol. The first-order chi connectivity index (χ1) is 9.54. The molecule has 2 aromatic rings. The average Bonchev–Trinajstić information content (AvgIpc) is 2.97. The zero-order valence-corrected chi connectivity index (χ0v) is 12.3. The summed E-state index contributed by atoms with van der Waals surface area (Å²) in [4.78, 5) is 18.1. The van der Waals surface area contributed by atoms with Gasteiger partial charge >= 0.3 is 5.97 Å². The Labute approximate surface area is 121 Å². The van der Waals surface area contributed by atoms with E-state index in [0.29, 0.717) is 0 Å². The number of carboxylic acids is 1. The Balaban J connectivity index is 1.93. The highest BCUT2D eigenvalue weighted by atomic mass is 32.1. The number of nitrogens with zero attached hydrogens (tertiary/aromatic N) is 3. The van der Waals surface area contributed by atoms with Crippen molar-refractivity contribution in [2.75, 3.05) is 7.05 Å². The molecule has 0 atom stereocenters. The SMILES string of the molecule is CN(Cc1cc(C=CC(=O)O)cs1)Cc1nccn1C. The molecule has 20 heavy (non-hydrogen) atoms. The van der Waals surface area contributed by atoms with Gasteiger partial charge in [0.1, 0.15) is 5.82 Å². The van der Waals surface area contributed by atoms with Crippen molar-refractivity contribution in [1.29, 1.82) is 0 Å². The van der Waals surface area contributed by atoms with Crippen molar-refractivity contribution < 1.29 is 9.90 Å². The van der Waals surface area contributed by atoms with Crippen molar-refractivity contribution in [3.63, 3.8) is 0 Å². The molecule has 0 aromatic carbocycles. The van der Waals surface area contributed by atoms with E-state index in [9.17, 15) is 4.79 Å². The predicted molar refractivity (Wildman–Crippen MR) is 79.4 cm³/mol. The van der Waals surface area contributed by atoms with Crippen LogP contribution in [0.15, 0.2) is 29.9 Å². The van der Waals surface area contributed by atoms with Crippen LogP contribution in [0.1, 0.15) is 16.3 Å². The quantitative estimate of drug-likeness (QED) is 0.829. The van der Waals surface area contributed by atoms with Gasteiger partial charge in [-0.1, -0.05) is 0 Å². The molecule has 2 aromatic heterocycles. The molecule has 0 fully saturated rings. The smallest absolute Gasteiger partial charge is 0.328 e. The molecule has 2 heterocycles. The normalized spacial score (nSPS) is 11.6. The van der Waals surface area contributed by atoms with E-state index < -0.39 is 5.97 Å². The second-order valence-electron chi connectivity index (χ2n) is 4.64. The van der Waals surface area contributed by atoms with E-state index in [0.717, 1.165) is 30.6 Å². The summed E-state index contributed by atoms with van der Waals surface area (Å²) < 4.78 is 2.01. The van der Waals surface area contributed by atoms with E-state index in [1.807, 2.05) is 36.3 Å². The van der Waals surface area contributed by atoms with Gasteiger partial charge in [0.15, 0.2) is 0 Å². The van der Waals surface area contributed by atoms with E-state index in [-0.39, 0.29) is 0 Å². The van der Waals surface area contributed by atoms with Crippen molar-refractivity contribution >= 4 is 23.4 Å². The Morgan fingerprint density at radius 3 is 3.00 bits per heavy atom. The van der Waals surface area contributed by atoms with Gasteiger partial charge in [0, 0.05) is 36.9 Å². The summed E-state index contributed by atoms with van der Waals surface area (Å²) in [6.07, 6.45) is 6.50. The third-order valence-electron chi connectivity index (χ3n) is 2.85. The maximum absolute atomic E-state index is 10.5. The number of hydrogen-bond donors (Lipinski definition) is 1. The zero-order valence-electron chi connectivity index (χ0n) is 11.5. The van der Waals surface area contributed by atoms with Crippen LogP contribution < -0.4 is 0 Å². The summed E-state index contributed by atoms with van der Waals surface area (Å²) >= 11 is 1.63. The first-order valence-electron chi connectivity index (χ1n) is 6.18. The van der Waals surface area contributed by atoms with Gasteiger partial charge in [-0.25, -0.2) is 9.78 Å². The van der Waals surface area contributed by atoms with Gasteiger partial charge in [0.2, 0.25) is 0 Å². The lowest BCUT2D eigenvalue weighted by Gasteiger charge is -2.15. The molecule has 6 heteroatoms. The van der Waals surface area contributed by atoms with Gasteiger partial charge in [-0.15, -0.1) is 11.3 Å². The predicted octanol–water partition coefficient (Wildman–Crippen LogP) is 2.21. The van der Waals surface area contributed by atoms with Crippen LogP contribution in [-0.2, 0) is 24.9 Å². The van der Waals surface area contributed by atoms with Crippen LogP contribution in [-0.4, -0.2) is 32.6 Å². The Morgan fingerprint density at radius 2 is 2.35 bits per heavy atom. The van der Waals surface area contributed by atoms with E-state index in [1.165, 1.54) is 4.88 Å². The van der Waals surface area contributed by atoms with Crippen LogP contribution in [0.2, 0.25) is 0 Å². The molecule has 2 rings (SSSR count). The summed E-state index contributed by atoms with van der Waals surface area (Å²) in [7, 11) is 4.03. The van der Waals surface area contributed by atoms with Crippen molar-refractivity contribution in [3.8, 4) is 0 Å². The van der Waals surface area contributed by atoms with Crippen LogP contribution >= 0.6 is 11.3 Å². The van der Waals surface area contributed by atoms with Crippen molar-refractivity contribution in [2.24, 2.45) is 7.05 Å². The minimum atomic E-state index is -0.926. The fourth-order valence-corrected chi connectivity index (χ4v) is 2.78. The number of rotatable bonds is 6. The first kappa shape index (κ1) is 14.5. The number of aryl methyl sites for hydroxylation is 1. The zero-order chi connectivity index (χ0) is 14.5. The molecule has 106 valence electrons. The highest BCUT2D eigenvalue weighted by molar-refractivity contribution is 7.10. The third-order valence-corrected chi connectivity index (χ3v) is 3.79. The van der Waals surface area contributed by atoms with Crippen LogP contribution in [0.5, 0.6) is 0 Å². The van der Waals surface area contributed by atoms with E-state index in [4.69, 9.17) is 5.11 Å². The second-order valence-corrected chi connectivity index (χ2v) is 5.64. The minimum Gasteiger partial charge on any atom is -0.478 e. The monoisotopic (exact) mass is 291 g/mol. The van der Waals surface area contributed by atoms with Gasteiger partial charge in [0.25, 0.3) is 0 Å². The number of aliphatic carboxylic acids is 1. The van der Waals surface area contributed by atoms with Crippen LogP contribution in [0, 0.1) is 0 Å². The van der Waals surface area contributed by atoms with Crippen molar-refractivity contribution in [1.82, 2.24) is 14.5 Å². The van der Waals surface area contributed by atoms with Gasteiger partial charge < -0.3 is 9.67 Å². The maximum atomic E-state index is 10.5. The number of thiophene rings is 1. The van der Waals surface area contributed by atoms with Gasteiger partial charge in [0.05, 0.1) is 6.54 Å². The van der Waals surface area contributed by atoms with Gasteiger partial charge in [-0.3, -0.25) is 4.90 Å². The number of carbonyl (C=O) groups is 1. The summed E-state index contributed by atoms with van der Waals surface area (Å²) in [6, 6.07) is 2.01. The topological polar surface area (TPSA) is 58.4 Å². The highest BCUT2D eigenvalue weighted by Gasteiger charge is 2.07. The molecule has 0 spiro atoms. The lowest BCUT2D eigenvalue weighted by molar-refractivity contribution is -0.131. The minimum absolute atomic E-state index is 0.779. The third kappa shape index (κ3) is 4.04. The standard InChI is InChI=1S/C14H17N3O2S/c1-16(9-13-15-5-6-17(13)2)8-12-7-11(10-20-12)3-4-14(18)19/h3-7,10H,8-9H2,1-2H3,(H,18,19). The molecule has 0 saturated heterocycles. The van der Waals surface area contributed by atoms with E-state index in [2.05, 4.69) is 9.88 Å². The fraction of sp³-hybridized carbons (Fsp3) is 0.286.